The Kier molecular flexibility index (Phi) is 6.29. The van der Waals surface area contributed by atoms with Crippen LogP contribution in [0.1, 0.15) is 50.3 Å². The molecule has 1 aromatic carbocycles. The Labute approximate surface area is 183 Å². The number of rotatable bonds is 4. The third-order valence-corrected chi connectivity index (χ3v) is 6.84. The Hall–Kier alpha value is -2.28. The van der Waals surface area contributed by atoms with E-state index in [-0.39, 0.29) is 31.5 Å². The smallest absolute Gasteiger partial charge is 0.251 e. The van der Waals surface area contributed by atoms with Gasteiger partial charge in [0.15, 0.2) is 4.75 Å². The highest BCUT2D eigenvalue weighted by molar-refractivity contribution is 7.90. The van der Waals surface area contributed by atoms with Crippen molar-refractivity contribution in [3.63, 3.8) is 0 Å². The number of allylic oxidation sites excluding steroid dienone is 1. The van der Waals surface area contributed by atoms with Gasteiger partial charge in [-0.25, -0.2) is 18.2 Å². The molecule has 0 spiro atoms. The van der Waals surface area contributed by atoms with Gasteiger partial charge in [0.05, 0.1) is 11.1 Å². The molecule has 1 aliphatic heterocycles. The summed E-state index contributed by atoms with van der Waals surface area (Å²) in [5.41, 5.74) is 2.22. The first-order valence-electron chi connectivity index (χ1n) is 9.89. The predicted octanol–water partition coefficient (Wildman–Crippen LogP) is 4.59. The van der Waals surface area contributed by atoms with E-state index in [1.165, 1.54) is 12.1 Å². The number of alkyl halides is 2. The van der Waals surface area contributed by atoms with Crippen LogP contribution in [0.5, 0.6) is 0 Å². The van der Waals surface area contributed by atoms with Crippen molar-refractivity contribution in [2.24, 2.45) is 5.14 Å². The van der Waals surface area contributed by atoms with Crippen LogP contribution in [0.4, 0.5) is 19.0 Å². The van der Waals surface area contributed by atoms with Gasteiger partial charge in [-0.15, -0.1) is 0 Å². The first-order valence-corrected chi connectivity index (χ1v) is 11.1. The first-order chi connectivity index (χ1) is 14.4. The summed E-state index contributed by atoms with van der Waals surface area (Å²) < 4.78 is 52.8. The highest BCUT2D eigenvalue weighted by Gasteiger charge is 2.35. The molecule has 1 atom stereocenters. The van der Waals surface area contributed by atoms with Gasteiger partial charge in [0.25, 0.3) is 5.92 Å². The average Bonchev–Trinajstić information content (AvgIpc) is 2.67. The molecule has 0 radical (unpaired) electrons. The molecule has 0 amide bonds. The highest BCUT2D eigenvalue weighted by Crippen LogP contribution is 2.36. The van der Waals surface area contributed by atoms with Crippen LogP contribution in [0.3, 0.4) is 0 Å². The molecule has 1 saturated heterocycles. The van der Waals surface area contributed by atoms with Crippen LogP contribution in [0.25, 0.3) is 16.5 Å². The second-order valence-electron chi connectivity index (χ2n) is 8.47. The number of fused-ring (bicyclic) bond motifs is 1. The van der Waals surface area contributed by atoms with E-state index in [4.69, 9.17) is 10.1 Å². The monoisotopic (exact) mass is 450 g/mol. The molecule has 1 unspecified atom stereocenters. The second kappa shape index (κ2) is 8.34. The van der Waals surface area contributed by atoms with Crippen molar-refractivity contribution >= 4 is 33.7 Å². The van der Waals surface area contributed by atoms with Gasteiger partial charge in [0.2, 0.25) is 0 Å². The van der Waals surface area contributed by atoms with E-state index in [9.17, 15) is 23.0 Å². The zero-order chi connectivity index (χ0) is 23.1. The summed E-state index contributed by atoms with van der Waals surface area (Å²) in [5.74, 6) is -2.80. The molecule has 2 N–H and O–H groups in total. The summed E-state index contributed by atoms with van der Waals surface area (Å²) in [7, 11) is 0. The Balaban J connectivity index is 2.24. The minimum absolute atomic E-state index is 0.113. The van der Waals surface area contributed by atoms with Crippen molar-refractivity contribution in [1.82, 2.24) is 4.98 Å². The van der Waals surface area contributed by atoms with Crippen LogP contribution < -0.4 is 10.0 Å². The number of nitriles is 1. The Morgan fingerprint density at radius 2 is 1.97 bits per heavy atom. The van der Waals surface area contributed by atoms with Crippen LogP contribution in [-0.2, 0) is 11.4 Å². The van der Waals surface area contributed by atoms with Crippen molar-refractivity contribution in [3.05, 3.63) is 40.7 Å². The van der Waals surface area contributed by atoms with Crippen molar-refractivity contribution in [3.8, 4) is 6.07 Å². The minimum Gasteiger partial charge on any atom is -0.598 e. The molecule has 0 aliphatic carbocycles. The topological polar surface area (TPSA) is 89.0 Å². The summed E-state index contributed by atoms with van der Waals surface area (Å²) in [5, 5.41) is 15.7. The van der Waals surface area contributed by atoms with E-state index < -0.39 is 27.8 Å². The van der Waals surface area contributed by atoms with Crippen molar-refractivity contribution in [2.45, 2.75) is 51.2 Å². The van der Waals surface area contributed by atoms with Gasteiger partial charge in [0.1, 0.15) is 17.7 Å². The summed E-state index contributed by atoms with van der Waals surface area (Å²) in [6, 6.07) is 4.69. The number of nitrogens with zero attached hydrogens (tertiary/aromatic N) is 3. The van der Waals surface area contributed by atoms with E-state index in [0.29, 0.717) is 33.4 Å². The number of piperidine rings is 1. The van der Waals surface area contributed by atoms with Gasteiger partial charge in [-0.1, -0.05) is 0 Å². The molecule has 2 aromatic rings. The third kappa shape index (κ3) is 4.66. The molecule has 2 heterocycles. The maximum atomic E-state index is 14.5. The predicted molar refractivity (Wildman–Crippen MR) is 118 cm³/mol. The van der Waals surface area contributed by atoms with E-state index in [2.05, 4.69) is 6.07 Å². The molecular formula is C22H25F3N4OS. The largest absolute Gasteiger partial charge is 0.598 e. The fourth-order valence-corrected chi connectivity index (χ4v) is 4.16. The van der Waals surface area contributed by atoms with Gasteiger partial charge in [-0.2, -0.15) is 10.4 Å². The lowest BCUT2D eigenvalue weighted by molar-refractivity contribution is -0.0221. The number of halogens is 3. The van der Waals surface area contributed by atoms with Crippen molar-refractivity contribution in [2.75, 3.05) is 18.0 Å². The summed E-state index contributed by atoms with van der Waals surface area (Å²) in [6.07, 6.45) is 1.10. The van der Waals surface area contributed by atoms with Crippen LogP contribution in [-0.4, -0.2) is 33.3 Å². The SMILES string of the molecule is CC(=CC(C)(C)[S+](N)[O-])c1cc(F)cc2c(C#N)c(C)c(N3CCC(F)(F)CC3)nc12. The number of nitrogens with two attached hydrogens (primary N) is 1. The fourth-order valence-electron chi connectivity index (χ4n) is 3.87. The number of benzene rings is 1. The zero-order valence-corrected chi connectivity index (χ0v) is 18.7. The maximum Gasteiger partial charge on any atom is 0.251 e. The molecule has 5 nitrogen and oxygen atoms in total. The molecule has 1 fully saturated rings. The minimum atomic E-state index is -2.71. The summed E-state index contributed by atoms with van der Waals surface area (Å²) in [6.45, 7) is 7.06. The molecule has 1 aliphatic rings. The molecule has 31 heavy (non-hydrogen) atoms. The van der Waals surface area contributed by atoms with Gasteiger partial charge in [-0.05, 0) is 51.5 Å². The quantitative estimate of drug-likeness (QED) is 0.688. The van der Waals surface area contributed by atoms with E-state index in [1.54, 1.807) is 38.7 Å². The van der Waals surface area contributed by atoms with E-state index in [1.807, 2.05) is 0 Å². The average molecular weight is 451 g/mol. The summed E-state index contributed by atoms with van der Waals surface area (Å²) >= 11 is -1.66. The zero-order valence-electron chi connectivity index (χ0n) is 17.9. The molecule has 1 aromatic heterocycles. The standard InChI is InChI=1S/C22H25F3N4OS/c1-13(11-21(3,4)31(27)30)16-9-15(23)10-17-18(12-26)14(2)20(28-19(16)17)29-7-5-22(24,25)6-8-29/h9-11H,5-8,27H2,1-4H3. The number of hydrogen-bond donors (Lipinski definition) is 1. The molecule has 0 saturated carbocycles. The van der Waals surface area contributed by atoms with Crippen molar-refractivity contribution in [1.29, 1.82) is 5.26 Å². The number of hydrogen-bond acceptors (Lipinski definition) is 5. The number of pyridine rings is 1. The molecule has 0 bridgehead atoms. The molecular weight excluding hydrogens is 425 g/mol. The Bertz CT molecular complexity index is 1080. The van der Waals surface area contributed by atoms with Crippen LogP contribution in [0.15, 0.2) is 18.2 Å². The van der Waals surface area contributed by atoms with Gasteiger partial charge < -0.3 is 9.45 Å². The number of anilines is 1. The lowest BCUT2D eigenvalue weighted by atomic mass is 9.95. The molecule has 9 heteroatoms. The van der Waals surface area contributed by atoms with Crippen LogP contribution in [0, 0.1) is 24.1 Å². The molecule has 3 rings (SSSR count). The lowest BCUT2D eigenvalue weighted by Crippen LogP contribution is -2.40. The Morgan fingerprint density at radius 3 is 2.52 bits per heavy atom. The third-order valence-electron chi connectivity index (χ3n) is 5.69. The van der Waals surface area contributed by atoms with Crippen LogP contribution in [0.2, 0.25) is 0 Å². The molecule has 166 valence electrons. The van der Waals surface area contributed by atoms with E-state index in [0.717, 1.165) is 0 Å². The van der Waals surface area contributed by atoms with E-state index >= 15 is 0 Å². The van der Waals surface area contributed by atoms with Gasteiger partial charge in [0, 0.05) is 53.8 Å². The lowest BCUT2D eigenvalue weighted by Gasteiger charge is -2.33. The maximum absolute atomic E-state index is 14.5. The highest BCUT2D eigenvalue weighted by atomic mass is 32.2. The van der Waals surface area contributed by atoms with Crippen LogP contribution >= 0.6 is 0 Å². The normalized spacial score (nSPS) is 18.2. The second-order valence-corrected chi connectivity index (χ2v) is 10.1. The fraction of sp³-hybridized carbons (Fsp3) is 0.455. The van der Waals surface area contributed by atoms with Gasteiger partial charge >= 0.3 is 0 Å². The summed E-state index contributed by atoms with van der Waals surface area (Å²) in [4.78, 5) is 6.46. The first kappa shape index (κ1) is 23.4. The number of aromatic nitrogens is 1. The van der Waals surface area contributed by atoms with Crippen molar-refractivity contribution < 1.29 is 17.7 Å². The Morgan fingerprint density at radius 1 is 1.35 bits per heavy atom. The van der Waals surface area contributed by atoms with Gasteiger partial charge in [-0.3, -0.25) is 0 Å².